The van der Waals surface area contributed by atoms with Crippen LogP contribution in [-0.4, -0.2) is 44.4 Å². The number of carbonyl (C=O) groups is 1. The van der Waals surface area contributed by atoms with Gasteiger partial charge in [-0.25, -0.2) is 0 Å². The zero-order valence-corrected chi connectivity index (χ0v) is 9.36. The number of benzene rings is 1. The average Bonchev–Trinajstić information content (AvgIpc) is 2.27. The molecule has 1 N–H and O–H groups in total. The van der Waals surface area contributed by atoms with E-state index in [1.54, 1.807) is 0 Å². The quantitative estimate of drug-likeness (QED) is 0.705. The maximum Gasteiger partial charge on any atom is 0.176 e. The number of ketones is 1. The smallest absolute Gasteiger partial charge is 0.176 e. The number of hydrogen-bond acceptors (Lipinski definition) is 3. The standard InChI is InChI=1S/C12H18N2O/c1-13-8-9-14(2)10-12(15)11-6-4-3-5-7-11/h3-7,13H,8-10H2,1-2H3. The Hall–Kier alpha value is -1.19. The lowest BCUT2D eigenvalue weighted by atomic mass is 10.1. The Balaban J connectivity index is 2.42. The molecular formula is C12H18N2O. The minimum absolute atomic E-state index is 0.175. The molecule has 0 unspecified atom stereocenters. The molecule has 1 aromatic rings. The largest absolute Gasteiger partial charge is 0.318 e. The summed E-state index contributed by atoms with van der Waals surface area (Å²) in [6, 6.07) is 9.41. The van der Waals surface area contributed by atoms with Crippen LogP contribution in [0.25, 0.3) is 0 Å². The monoisotopic (exact) mass is 206 g/mol. The molecule has 15 heavy (non-hydrogen) atoms. The minimum atomic E-state index is 0.175. The summed E-state index contributed by atoms with van der Waals surface area (Å²) in [6.45, 7) is 2.26. The SMILES string of the molecule is CNCCN(C)CC(=O)c1ccccc1. The second-order valence-corrected chi connectivity index (χ2v) is 3.63. The normalized spacial score (nSPS) is 10.6. The lowest BCUT2D eigenvalue weighted by Crippen LogP contribution is -2.31. The summed E-state index contributed by atoms with van der Waals surface area (Å²) >= 11 is 0. The number of hydrogen-bond donors (Lipinski definition) is 1. The fourth-order valence-electron chi connectivity index (χ4n) is 1.34. The summed E-state index contributed by atoms with van der Waals surface area (Å²) in [5.74, 6) is 0.175. The molecule has 0 bridgehead atoms. The van der Waals surface area contributed by atoms with Crippen molar-refractivity contribution in [2.75, 3.05) is 33.7 Å². The molecule has 0 saturated carbocycles. The van der Waals surface area contributed by atoms with Gasteiger partial charge in [0.15, 0.2) is 5.78 Å². The van der Waals surface area contributed by atoms with Crippen LogP contribution in [0.2, 0.25) is 0 Å². The van der Waals surface area contributed by atoms with E-state index in [1.807, 2.05) is 49.3 Å². The molecule has 1 aromatic carbocycles. The molecule has 0 spiro atoms. The molecule has 0 fully saturated rings. The van der Waals surface area contributed by atoms with Gasteiger partial charge in [-0.15, -0.1) is 0 Å². The van der Waals surface area contributed by atoms with Gasteiger partial charge in [0.1, 0.15) is 0 Å². The maximum atomic E-state index is 11.8. The second kappa shape index (κ2) is 6.32. The van der Waals surface area contributed by atoms with Crippen molar-refractivity contribution in [1.29, 1.82) is 0 Å². The first-order valence-electron chi connectivity index (χ1n) is 5.15. The van der Waals surface area contributed by atoms with Crippen LogP contribution in [-0.2, 0) is 0 Å². The van der Waals surface area contributed by atoms with E-state index in [0.29, 0.717) is 6.54 Å². The highest BCUT2D eigenvalue weighted by atomic mass is 16.1. The van der Waals surface area contributed by atoms with Crippen LogP contribution in [0, 0.1) is 0 Å². The van der Waals surface area contributed by atoms with Gasteiger partial charge in [-0.05, 0) is 14.1 Å². The molecule has 0 saturated heterocycles. The highest BCUT2D eigenvalue weighted by molar-refractivity contribution is 5.97. The molecule has 0 heterocycles. The van der Waals surface area contributed by atoms with E-state index < -0.39 is 0 Å². The van der Waals surface area contributed by atoms with E-state index in [-0.39, 0.29) is 5.78 Å². The number of carbonyl (C=O) groups excluding carboxylic acids is 1. The molecule has 0 aromatic heterocycles. The Morgan fingerprint density at radius 3 is 2.60 bits per heavy atom. The van der Waals surface area contributed by atoms with Crippen LogP contribution < -0.4 is 5.32 Å². The first-order valence-corrected chi connectivity index (χ1v) is 5.15. The van der Waals surface area contributed by atoms with Crippen molar-refractivity contribution in [1.82, 2.24) is 10.2 Å². The van der Waals surface area contributed by atoms with E-state index >= 15 is 0 Å². The Morgan fingerprint density at radius 1 is 1.33 bits per heavy atom. The number of nitrogens with one attached hydrogen (secondary N) is 1. The Bertz CT molecular complexity index is 298. The maximum absolute atomic E-state index is 11.8. The lowest BCUT2D eigenvalue weighted by Gasteiger charge is -2.15. The average molecular weight is 206 g/mol. The van der Waals surface area contributed by atoms with Crippen LogP contribution in [0.15, 0.2) is 30.3 Å². The summed E-state index contributed by atoms with van der Waals surface area (Å²) in [7, 11) is 3.87. The van der Waals surface area contributed by atoms with Crippen molar-refractivity contribution in [3.63, 3.8) is 0 Å². The predicted octanol–water partition coefficient (Wildman–Crippen LogP) is 1.02. The van der Waals surface area contributed by atoms with Crippen molar-refractivity contribution >= 4 is 5.78 Å². The molecule has 0 atom stereocenters. The molecule has 0 radical (unpaired) electrons. The molecule has 1 rings (SSSR count). The van der Waals surface area contributed by atoms with Gasteiger partial charge in [-0.2, -0.15) is 0 Å². The number of rotatable bonds is 6. The van der Waals surface area contributed by atoms with E-state index in [1.165, 1.54) is 0 Å². The first-order chi connectivity index (χ1) is 7.24. The molecule has 0 aliphatic heterocycles. The number of nitrogens with zero attached hydrogens (tertiary/aromatic N) is 1. The first kappa shape index (κ1) is 11.9. The minimum Gasteiger partial charge on any atom is -0.318 e. The van der Waals surface area contributed by atoms with Gasteiger partial charge in [0, 0.05) is 18.7 Å². The summed E-state index contributed by atoms with van der Waals surface area (Å²) in [5, 5.41) is 3.06. The highest BCUT2D eigenvalue weighted by Gasteiger charge is 2.07. The summed E-state index contributed by atoms with van der Waals surface area (Å²) in [5.41, 5.74) is 0.786. The Morgan fingerprint density at radius 2 is 2.00 bits per heavy atom. The van der Waals surface area contributed by atoms with Gasteiger partial charge in [0.05, 0.1) is 6.54 Å². The van der Waals surface area contributed by atoms with Crippen LogP contribution in [0.5, 0.6) is 0 Å². The number of Topliss-reactive ketones (excluding diaryl/α,β-unsaturated/α-hetero) is 1. The fourth-order valence-corrected chi connectivity index (χ4v) is 1.34. The summed E-state index contributed by atoms with van der Waals surface area (Å²) < 4.78 is 0. The van der Waals surface area contributed by atoms with Crippen LogP contribution in [0.1, 0.15) is 10.4 Å². The van der Waals surface area contributed by atoms with Gasteiger partial charge in [-0.1, -0.05) is 30.3 Å². The van der Waals surface area contributed by atoms with Crippen molar-refractivity contribution < 1.29 is 4.79 Å². The molecule has 0 amide bonds. The summed E-state index contributed by atoms with van der Waals surface area (Å²) in [4.78, 5) is 13.8. The van der Waals surface area contributed by atoms with E-state index in [2.05, 4.69) is 5.32 Å². The number of likely N-dealkylation sites (N-methyl/N-ethyl adjacent to an activating group) is 2. The van der Waals surface area contributed by atoms with Crippen molar-refractivity contribution in [3.8, 4) is 0 Å². The zero-order chi connectivity index (χ0) is 11.1. The molecule has 3 nitrogen and oxygen atoms in total. The predicted molar refractivity (Wildman–Crippen MR) is 62.2 cm³/mol. The third-order valence-corrected chi connectivity index (χ3v) is 2.25. The molecular weight excluding hydrogens is 188 g/mol. The summed E-state index contributed by atoms with van der Waals surface area (Å²) in [6.07, 6.45) is 0. The molecule has 0 aliphatic rings. The second-order valence-electron chi connectivity index (χ2n) is 3.63. The van der Waals surface area contributed by atoms with E-state index in [4.69, 9.17) is 0 Å². The van der Waals surface area contributed by atoms with Gasteiger partial charge < -0.3 is 5.32 Å². The topological polar surface area (TPSA) is 32.3 Å². The third kappa shape index (κ3) is 4.23. The zero-order valence-electron chi connectivity index (χ0n) is 9.36. The van der Waals surface area contributed by atoms with Gasteiger partial charge in [-0.3, -0.25) is 9.69 Å². The van der Waals surface area contributed by atoms with Gasteiger partial charge >= 0.3 is 0 Å². The fraction of sp³-hybridized carbons (Fsp3) is 0.417. The van der Waals surface area contributed by atoms with Gasteiger partial charge in [0.25, 0.3) is 0 Å². The van der Waals surface area contributed by atoms with Crippen molar-refractivity contribution in [2.45, 2.75) is 0 Å². The third-order valence-electron chi connectivity index (χ3n) is 2.25. The Labute approximate surface area is 91.1 Å². The Kier molecular flexibility index (Phi) is 5.01. The molecule has 82 valence electrons. The highest BCUT2D eigenvalue weighted by Crippen LogP contribution is 2.00. The van der Waals surface area contributed by atoms with Crippen molar-refractivity contribution in [3.05, 3.63) is 35.9 Å². The van der Waals surface area contributed by atoms with Crippen LogP contribution in [0.4, 0.5) is 0 Å². The van der Waals surface area contributed by atoms with Gasteiger partial charge in [0.2, 0.25) is 0 Å². The van der Waals surface area contributed by atoms with E-state index in [9.17, 15) is 4.79 Å². The van der Waals surface area contributed by atoms with Crippen LogP contribution >= 0.6 is 0 Å². The van der Waals surface area contributed by atoms with E-state index in [0.717, 1.165) is 18.7 Å². The molecule has 3 heteroatoms. The van der Waals surface area contributed by atoms with Crippen LogP contribution in [0.3, 0.4) is 0 Å². The van der Waals surface area contributed by atoms with Crippen molar-refractivity contribution in [2.24, 2.45) is 0 Å². The lowest BCUT2D eigenvalue weighted by molar-refractivity contribution is 0.0947. The molecule has 0 aliphatic carbocycles.